The molecule has 0 bridgehead atoms. The second-order valence-corrected chi connectivity index (χ2v) is 5.86. The van der Waals surface area contributed by atoms with Gasteiger partial charge in [-0.2, -0.15) is 11.8 Å². The molecule has 1 rings (SSSR count). The van der Waals surface area contributed by atoms with Crippen molar-refractivity contribution in [3.63, 3.8) is 0 Å². The number of thioether (sulfide) groups is 1. The lowest BCUT2D eigenvalue weighted by molar-refractivity contribution is 0.0223. The SMILES string of the molecule is CC(C)SCCC1NCC(O)CC1O. The minimum atomic E-state index is -0.383. The Labute approximate surface area is 90.3 Å². The van der Waals surface area contributed by atoms with Gasteiger partial charge >= 0.3 is 0 Å². The number of hydrogen-bond acceptors (Lipinski definition) is 4. The molecule has 4 heteroatoms. The first kappa shape index (κ1) is 12.3. The summed E-state index contributed by atoms with van der Waals surface area (Å²) in [5.41, 5.74) is 0. The Balaban J connectivity index is 2.17. The highest BCUT2D eigenvalue weighted by Gasteiger charge is 2.26. The predicted octanol–water partition coefficient (Wildman–Crippen LogP) is 0.602. The van der Waals surface area contributed by atoms with Crippen LogP contribution in [-0.4, -0.2) is 46.0 Å². The van der Waals surface area contributed by atoms with Crippen molar-refractivity contribution in [1.82, 2.24) is 5.32 Å². The molecule has 1 fully saturated rings. The van der Waals surface area contributed by atoms with Crippen LogP contribution in [0.15, 0.2) is 0 Å². The number of nitrogens with one attached hydrogen (secondary N) is 1. The summed E-state index contributed by atoms with van der Waals surface area (Å²) in [4.78, 5) is 0. The summed E-state index contributed by atoms with van der Waals surface area (Å²) in [5, 5.41) is 22.8. The van der Waals surface area contributed by atoms with Crippen LogP contribution in [0.4, 0.5) is 0 Å². The molecule has 0 spiro atoms. The first-order valence-electron chi connectivity index (χ1n) is 5.30. The Kier molecular flexibility index (Phi) is 5.23. The lowest BCUT2D eigenvalue weighted by Crippen LogP contribution is -2.50. The molecule has 0 radical (unpaired) electrons. The minimum Gasteiger partial charge on any atom is -0.392 e. The summed E-state index contributed by atoms with van der Waals surface area (Å²) in [6.45, 7) is 4.98. The van der Waals surface area contributed by atoms with Gasteiger partial charge in [-0.3, -0.25) is 0 Å². The molecule has 1 aliphatic heterocycles. The second kappa shape index (κ2) is 5.95. The van der Waals surface area contributed by atoms with E-state index in [1.807, 2.05) is 11.8 Å². The summed E-state index contributed by atoms with van der Waals surface area (Å²) < 4.78 is 0. The predicted molar refractivity (Wildman–Crippen MR) is 60.6 cm³/mol. The van der Waals surface area contributed by atoms with Gasteiger partial charge in [-0.05, 0) is 17.4 Å². The summed E-state index contributed by atoms with van der Waals surface area (Å²) in [6, 6.07) is 0.171. The number of aliphatic hydroxyl groups excluding tert-OH is 2. The van der Waals surface area contributed by atoms with Crippen molar-refractivity contribution >= 4 is 11.8 Å². The first-order valence-corrected chi connectivity index (χ1v) is 6.35. The van der Waals surface area contributed by atoms with Crippen molar-refractivity contribution in [1.29, 1.82) is 0 Å². The van der Waals surface area contributed by atoms with Crippen molar-refractivity contribution in [3.05, 3.63) is 0 Å². The molecule has 3 N–H and O–H groups in total. The summed E-state index contributed by atoms with van der Waals surface area (Å²) in [7, 11) is 0. The van der Waals surface area contributed by atoms with E-state index in [0.29, 0.717) is 18.2 Å². The van der Waals surface area contributed by atoms with E-state index in [1.54, 1.807) is 0 Å². The van der Waals surface area contributed by atoms with Gasteiger partial charge in [-0.1, -0.05) is 13.8 Å². The van der Waals surface area contributed by atoms with Gasteiger partial charge in [0, 0.05) is 19.0 Å². The monoisotopic (exact) mass is 219 g/mol. The zero-order chi connectivity index (χ0) is 10.6. The molecule has 1 heterocycles. The fourth-order valence-electron chi connectivity index (χ4n) is 1.67. The van der Waals surface area contributed by atoms with Crippen LogP contribution in [0.1, 0.15) is 26.7 Å². The molecule has 0 aromatic heterocycles. The zero-order valence-corrected chi connectivity index (χ0v) is 9.76. The molecule has 84 valence electrons. The molecule has 3 nitrogen and oxygen atoms in total. The van der Waals surface area contributed by atoms with Gasteiger partial charge < -0.3 is 15.5 Å². The molecule has 1 saturated heterocycles. The molecule has 0 amide bonds. The molecule has 0 aromatic carbocycles. The molecule has 14 heavy (non-hydrogen) atoms. The lowest BCUT2D eigenvalue weighted by atomic mass is 9.98. The van der Waals surface area contributed by atoms with E-state index in [4.69, 9.17) is 0 Å². The van der Waals surface area contributed by atoms with Gasteiger partial charge in [0.2, 0.25) is 0 Å². The Hall–Kier alpha value is 0.230. The van der Waals surface area contributed by atoms with Crippen LogP contribution in [0.25, 0.3) is 0 Å². The van der Waals surface area contributed by atoms with Crippen LogP contribution in [0, 0.1) is 0 Å². The maximum absolute atomic E-state index is 9.67. The normalized spacial score (nSPS) is 33.6. The minimum absolute atomic E-state index is 0.171. The third-order valence-corrected chi connectivity index (χ3v) is 3.61. The average molecular weight is 219 g/mol. The van der Waals surface area contributed by atoms with Gasteiger partial charge in [-0.15, -0.1) is 0 Å². The molecular weight excluding hydrogens is 198 g/mol. The van der Waals surface area contributed by atoms with E-state index in [9.17, 15) is 10.2 Å². The molecule has 0 aromatic rings. The van der Waals surface area contributed by atoms with Crippen LogP contribution < -0.4 is 5.32 Å². The topological polar surface area (TPSA) is 52.5 Å². The van der Waals surface area contributed by atoms with E-state index in [0.717, 1.165) is 12.2 Å². The third-order valence-electron chi connectivity index (χ3n) is 2.47. The van der Waals surface area contributed by atoms with Crippen molar-refractivity contribution < 1.29 is 10.2 Å². The molecular formula is C10H21NO2S. The van der Waals surface area contributed by atoms with E-state index in [-0.39, 0.29) is 18.2 Å². The van der Waals surface area contributed by atoms with Crippen LogP contribution in [0.2, 0.25) is 0 Å². The average Bonchev–Trinajstić information content (AvgIpc) is 2.08. The van der Waals surface area contributed by atoms with E-state index in [1.165, 1.54) is 0 Å². The maximum Gasteiger partial charge on any atom is 0.0718 e. The van der Waals surface area contributed by atoms with Crippen LogP contribution >= 0.6 is 11.8 Å². The fourth-order valence-corrected chi connectivity index (χ4v) is 2.54. The van der Waals surface area contributed by atoms with E-state index >= 15 is 0 Å². The Morgan fingerprint density at radius 1 is 1.43 bits per heavy atom. The summed E-state index contributed by atoms with van der Waals surface area (Å²) in [5.74, 6) is 1.07. The molecule has 0 aliphatic carbocycles. The Morgan fingerprint density at radius 3 is 2.71 bits per heavy atom. The first-order chi connectivity index (χ1) is 6.59. The van der Waals surface area contributed by atoms with E-state index < -0.39 is 0 Å². The fraction of sp³-hybridized carbons (Fsp3) is 1.00. The number of hydrogen-bond donors (Lipinski definition) is 3. The third kappa shape index (κ3) is 4.17. The van der Waals surface area contributed by atoms with E-state index in [2.05, 4.69) is 19.2 Å². The molecule has 3 unspecified atom stereocenters. The van der Waals surface area contributed by atoms with Crippen molar-refractivity contribution in [2.24, 2.45) is 0 Å². The summed E-state index contributed by atoms with van der Waals surface area (Å²) >= 11 is 1.91. The number of rotatable bonds is 4. The maximum atomic E-state index is 9.67. The number of piperidine rings is 1. The number of aliphatic hydroxyl groups is 2. The van der Waals surface area contributed by atoms with Gasteiger partial charge in [-0.25, -0.2) is 0 Å². The van der Waals surface area contributed by atoms with Crippen LogP contribution in [0.3, 0.4) is 0 Å². The van der Waals surface area contributed by atoms with Crippen molar-refractivity contribution in [2.75, 3.05) is 12.3 Å². The van der Waals surface area contributed by atoms with Crippen LogP contribution in [0.5, 0.6) is 0 Å². The van der Waals surface area contributed by atoms with Gasteiger partial charge in [0.1, 0.15) is 0 Å². The summed E-state index contributed by atoms with van der Waals surface area (Å²) in [6.07, 6.45) is 0.742. The van der Waals surface area contributed by atoms with Gasteiger partial charge in [0.25, 0.3) is 0 Å². The van der Waals surface area contributed by atoms with Crippen molar-refractivity contribution in [2.45, 2.75) is 50.2 Å². The lowest BCUT2D eigenvalue weighted by Gasteiger charge is -2.32. The largest absolute Gasteiger partial charge is 0.392 e. The quantitative estimate of drug-likeness (QED) is 0.648. The van der Waals surface area contributed by atoms with Gasteiger partial charge in [0.05, 0.1) is 12.2 Å². The molecule has 0 saturated carbocycles. The Bertz CT molecular complexity index is 166. The second-order valence-electron chi connectivity index (χ2n) is 4.18. The Morgan fingerprint density at radius 2 is 2.14 bits per heavy atom. The smallest absolute Gasteiger partial charge is 0.0718 e. The highest BCUT2D eigenvalue weighted by molar-refractivity contribution is 7.99. The standard InChI is InChI=1S/C10H21NO2S/c1-7(2)14-4-3-9-10(13)5-8(12)6-11-9/h7-13H,3-6H2,1-2H3. The molecule has 3 atom stereocenters. The van der Waals surface area contributed by atoms with Crippen LogP contribution in [-0.2, 0) is 0 Å². The van der Waals surface area contributed by atoms with Crippen molar-refractivity contribution in [3.8, 4) is 0 Å². The molecule has 1 aliphatic rings. The highest BCUT2D eigenvalue weighted by Crippen LogP contribution is 2.17. The highest BCUT2D eigenvalue weighted by atomic mass is 32.2. The number of β-amino-alcohol motifs (C(OH)–C–C–N with tert-alkyl or cyclic N) is 1. The van der Waals surface area contributed by atoms with Gasteiger partial charge in [0.15, 0.2) is 0 Å². The zero-order valence-electron chi connectivity index (χ0n) is 8.94.